The van der Waals surface area contributed by atoms with Crippen LogP contribution in [0.4, 0.5) is 0 Å². The van der Waals surface area contributed by atoms with Crippen molar-refractivity contribution in [1.29, 1.82) is 0 Å². The zero-order valence-corrected chi connectivity index (χ0v) is 14.7. The molecule has 0 spiro atoms. The van der Waals surface area contributed by atoms with Crippen LogP contribution in [0.1, 0.15) is 17.4 Å². The molecule has 0 fully saturated rings. The summed E-state index contributed by atoms with van der Waals surface area (Å²) in [4.78, 5) is 28.9. The van der Waals surface area contributed by atoms with E-state index in [4.69, 9.17) is 0 Å². The summed E-state index contributed by atoms with van der Waals surface area (Å²) >= 11 is 1.62. The summed E-state index contributed by atoms with van der Waals surface area (Å²) < 4.78 is 0. The lowest BCUT2D eigenvalue weighted by Gasteiger charge is -2.26. The number of hydrogen-bond donors (Lipinski definition) is 0. The van der Waals surface area contributed by atoms with Gasteiger partial charge in [-0.1, -0.05) is 42.5 Å². The first-order chi connectivity index (χ1) is 11.6. The van der Waals surface area contributed by atoms with Crippen LogP contribution in [0.2, 0.25) is 0 Å². The lowest BCUT2D eigenvalue weighted by atomic mass is 10.2. The number of benzene rings is 1. The van der Waals surface area contributed by atoms with Gasteiger partial charge in [0.05, 0.1) is 6.54 Å². The number of rotatable bonds is 8. The average molecular weight is 342 g/mol. The molecule has 2 amide bonds. The summed E-state index contributed by atoms with van der Waals surface area (Å²) in [5.74, 6) is -0.191. The van der Waals surface area contributed by atoms with Gasteiger partial charge in [0.2, 0.25) is 11.8 Å². The highest BCUT2D eigenvalue weighted by atomic mass is 32.1. The molecule has 0 N–H and O–H groups in total. The van der Waals surface area contributed by atoms with Crippen LogP contribution in [-0.2, 0) is 22.7 Å². The molecule has 24 heavy (non-hydrogen) atoms. The molecular formula is C19H22N2O2S. The normalized spacial score (nSPS) is 10.2. The summed E-state index contributed by atoms with van der Waals surface area (Å²) in [6, 6.07) is 13.9. The van der Waals surface area contributed by atoms with Gasteiger partial charge in [-0.05, 0) is 17.0 Å². The molecule has 0 aliphatic heterocycles. The molecule has 2 aromatic rings. The maximum atomic E-state index is 12.8. The number of carbonyl (C=O) groups excluding carboxylic acids is 2. The molecule has 1 heterocycles. The Kier molecular flexibility index (Phi) is 6.75. The first-order valence-corrected chi connectivity index (χ1v) is 8.68. The van der Waals surface area contributed by atoms with Crippen molar-refractivity contribution in [3.8, 4) is 0 Å². The summed E-state index contributed by atoms with van der Waals surface area (Å²) in [6.45, 7) is 6.63. The van der Waals surface area contributed by atoms with Gasteiger partial charge in [-0.15, -0.1) is 17.9 Å². The van der Waals surface area contributed by atoms with E-state index in [0.29, 0.717) is 19.6 Å². The van der Waals surface area contributed by atoms with E-state index in [9.17, 15) is 9.59 Å². The van der Waals surface area contributed by atoms with Crippen LogP contribution in [0.15, 0.2) is 60.5 Å². The quantitative estimate of drug-likeness (QED) is 0.691. The van der Waals surface area contributed by atoms with Gasteiger partial charge in [-0.2, -0.15) is 0 Å². The van der Waals surface area contributed by atoms with Crippen molar-refractivity contribution in [3.63, 3.8) is 0 Å². The number of carbonyl (C=O) groups is 2. The molecule has 126 valence electrons. The summed E-state index contributed by atoms with van der Waals surface area (Å²) in [5.41, 5.74) is 1.07. The Balaban J connectivity index is 2.12. The van der Waals surface area contributed by atoms with Gasteiger partial charge in [0.1, 0.15) is 6.54 Å². The van der Waals surface area contributed by atoms with Crippen LogP contribution < -0.4 is 0 Å². The zero-order chi connectivity index (χ0) is 17.4. The highest BCUT2D eigenvalue weighted by Gasteiger charge is 2.19. The second-order valence-corrected chi connectivity index (χ2v) is 6.54. The van der Waals surface area contributed by atoms with Crippen molar-refractivity contribution < 1.29 is 9.59 Å². The fourth-order valence-corrected chi connectivity index (χ4v) is 3.07. The van der Waals surface area contributed by atoms with E-state index in [-0.39, 0.29) is 18.4 Å². The first kappa shape index (κ1) is 17.9. The predicted molar refractivity (Wildman–Crippen MR) is 97.5 cm³/mol. The van der Waals surface area contributed by atoms with Crippen LogP contribution in [0, 0.1) is 0 Å². The van der Waals surface area contributed by atoms with Crippen molar-refractivity contribution >= 4 is 23.2 Å². The van der Waals surface area contributed by atoms with Crippen LogP contribution in [0.5, 0.6) is 0 Å². The molecule has 2 rings (SSSR count). The molecule has 0 bridgehead atoms. The van der Waals surface area contributed by atoms with Gasteiger partial charge in [0, 0.05) is 24.9 Å². The van der Waals surface area contributed by atoms with Crippen molar-refractivity contribution in [2.75, 3.05) is 13.1 Å². The Morgan fingerprint density at radius 1 is 1.08 bits per heavy atom. The summed E-state index contributed by atoms with van der Waals surface area (Å²) in [5, 5.41) is 2.00. The van der Waals surface area contributed by atoms with Gasteiger partial charge >= 0.3 is 0 Å². The standard InChI is InChI=1S/C19H22N2O2S/c1-3-11-20(16(2)22)15-19(23)21(14-18-10-7-12-24-18)13-17-8-5-4-6-9-17/h3-10,12H,1,11,13-15H2,2H3. The Bertz CT molecular complexity index is 668. The van der Waals surface area contributed by atoms with Gasteiger partial charge in [0.25, 0.3) is 0 Å². The second-order valence-electron chi connectivity index (χ2n) is 5.50. The predicted octanol–water partition coefficient (Wildman–Crippen LogP) is 3.31. The minimum atomic E-state index is -0.126. The molecule has 0 atom stereocenters. The van der Waals surface area contributed by atoms with Crippen molar-refractivity contribution in [1.82, 2.24) is 9.80 Å². The molecule has 1 aromatic heterocycles. The van der Waals surface area contributed by atoms with Gasteiger partial charge in [-0.25, -0.2) is 0 Å². The number of amides is 2. The van der Waals surface area contributed by atoms with Crippen LogP contribution in [-0.4, -0.2) is 34.7 Å². The Morgan fingerprint density at radius 3 is 2.42 bits per heavy atom. The summed E-state index contributed by atoms with van der Waals surface area (Å²) in [6.07, 6.45) is 1.63. The van der Waals surface area contributed by atoms with Gasteiger partial charge < -0.3 is 9.80 Å². The smallest absolute Gasteiger partial charge is 0.242 e. The first-order valence-electron chi connectivity index (χ1n) is 7.80. The van der Waals surface area contributed by atoms with Crippen molar-refractivity contribution in [2.24, 2.45) is 0 Å². The van der Waals surface area contributed by atoms with Crippen LogP contribution in [0.25, 0.3) is 0 Å². The van der Waals surface area contributed by atoms with E-state index in [2.05, 4.69) is 6.58 Å². The topological polar surface area (TPSA) is 40.6 Å². The van der Waals surface area contributed by atoms with E-state index in [1.807, 2.05) is 47.8 Å². The monoisotopic (exact) mass is 342 g/mol. The number of nitrogens with zero attached hydrogens (tertiary/aromatic N) is 2. The number of hydrogen-bond acceptors (Lipinski definition) is 3. The molecule has 0 aliphatic rings. The lowest BCUT2D eigenvalue weighted by molar-refractivity contribution is -0.139. The highest BCUT2D eigenvalue weighted by molar-refractivity contribution is 7.09. The fourth-order valence-electron chi connectivity index (χ4n) is 2.35. The molecule has 0 saturated carbocycles. The molecule has 0 aliphatic carbocycles. The van der Waals surface area contributed by atoms with E-state index in [1.165, 1.54) is 11.8 Å². The molecule has 0 radical (unpaired) electrons. The molecule has 5 heteroatoms. The second kappa shape index (κ2) is 9.03. The van der Waals surface area contributed by atoms with E-state index in [1.54, 1.807) is 22.3 Å². The van der Waals surface area contributed by atoms with Crippen LogP contribution >= 0.6 is 11.3 Å². The molecule has 0 saturated heterocycles. The minimum Gasteiger partial charge on any atom is -0.332 e. The zero-order valence-electron chi connectivity index (χ0n) is 13.9. The third-order valence-electron chi connectivity index (χ3n) is 3.62. The fraction of sp³-hybridized carbons (Fsp3) is 0.263. The Hall–Kier alpha value is -2.40. The van der Waals surface area contributed by atoms with E-state index >= 15 is 0 Å². The minimum absolute atomic E-state index is 0.0655. The third-order valence-corrected chi connectivity index (χ3v) is 4.48. The summed E-state index contributed by atoms with van der Waals surface area (Å²) in [7, 11) is 0. The third kappa shape index (κ3) is 5.35. The molecule has 4 nitrogen and oxygen atoms in total. The Morgan fingerprint density at radius 2 is 1.83 bits per heavy atom. The maximum absolute atomic E-state index is 12.8. The SMILES string of the molecule is C=CCN(CC(=O)N(Cc1ccccc1)Cc1cccs1)C(C)=O. The van der Waals surface area contributed by atoms with Crippen molar-refractivity contribution in [2.45, 2.75) is 20.0 Å². The molecule has 1 aromatic carbocycles. The van der Waals surface area contributed by atoms with Gasteiger partial charge in [-0.3, -0.25) is 9.59 Å². The average Bonchev–Trinajstić information content (AvgIpc) is 3.07. The van der Waals surface area contributed by atoms with Crippen molar-refractivity contribution in [3.05, 3.63) is 70.9 Å². The maximum Gasteiger partial charge on any atom is 0.242 e. The van der Waals surface area contributed by atoms with E-state index in [0.717, 1.165) is 10.4 Å². The highest BCUT2D eigenvalue weighted by Crippen LogP contribution is 2.15. The lowest BCUT2D eigenvalue weighted by Crippen LogP contribution is -2.41. The molecule has 0 unspecified atom stereocenters. The Labute approximate surface area is 147 Å². The van der Waals surface area contributed by atoms with E-state index < -0.39 is 0 Å². The number of thiophene rings is 1. The molecular weight excluding hydrogens is 320 g/mol. The largest absolute Gasteiger partial charge is 0.332 e. The van der Waals surface area contributed by atoms with Crippen LogP contribution in [0.3, 0.4) is 0 Å². The van der Waals surface area contributed by atoms with Gasteiger partial charge in [0.15, 0.2) is 0 Å².